The molecule has 0 aliphatic heterocycles. The quantitative estimate of drug-likeness (QED) is 0.483. The van der Waals surface area contributed by atoms with Crippen molar-refractivity contribution in [2.24, 2.45) is 0 Å². The molecule has 0 saturated heterocycles. The molecule has 5 heteroatoms. The second kappa shape index (κ2) is 6.17. The van der Waals surface area contributed by atoms with Crippen molar-refractivity contribution < 1.29 is 14.3 Å². The van der Waals surface area contributed by atoms with Crippen LogP contribution in [0, 0.1) is 0 Å². The molecule has 0 N–H and O–H groups in total. The zero-order valence-electron chi connectivity index (χ0n) is 8.64. The molecule has 4 nitrogen and oxygen atoms in total. The highest BCUT2D eigenvalue weighted by molar-refractivity contribution is 9.10. The van der Waals surface area contributed by atoms with Gasteiger partial charge in [-0.15, -0.1) is 0 Å². The van der Waals surface area contributed by atoms with Crippen LogP contribution in [-0.2, 0) is 9.53 Å². The molecule has 0 amide bonds. The number of ether oxygens (including phenoxy) is 1. The first-order valence-electron chi connectivity index (χ1n) is 4.63. The lowest BCUT2D eigenvalue weighted by molar-refractivity contribution is -0.137. The van der Waals surface area contributed by atoms with E-state index in [9.17, 15) is 9.59 Å². The Labute approximate surface area is 101 Å². The molecule has 0 bridgehead atoms. The fraction of sp³-hybridized carbons (Fsp3) is 0.182. The minimum Gasteiger partial charge on any atom is -0.463 e. The van der Waals surface area contributed by atoms with Crippen LogP contribution in [0.3, 0.4) is 0 Å². The number of aromatic nitrogens is 1. The highest BCUT2D eigenvalue weighted by atomic mass is 79.9. The Morgan fingerprint density at radius 1 is 1.62 bits per heavy atom. The number of nitrogens with zero attached hydrogens (tertiary/aromatic N) is 1. The van der Waals surface area contributed by atoms with Crippen molar-refractivity contribution in [3.8, 4) is 0 Å². The van der Waals surface area contributed by atoms with Gasteiger partial charge < -0.3 is 4.74 Å². The molecule has 0 aromatic carbocycles. The Balaban J connectivity index is 2.87. The van der Waals surface area contributed by atoms with Crippen molar-refractivity contribution in [2.45, 2.75) is 6.92 Å². The third-order valence-corrected chi connectivity index (χ3v) is 2.38. The van der Waals surface area contributed by atoms with Gasteiger partial charge in [0.1, 0.15) is 5.69 Å². The minimum atomic E-state index is -0.418. The molecule has 1 heterocycles. The average molecular weight is 284 g/mol. The normalized spacial score (nSPS) is 10.4. The molecule has 1 rings (SSSR count). The number of aldehydes is 1. The Kier molecular flexibility index (Phi) is 4.85. The molecular formula is C11H10BrNO3. The van der Waals surface area contributed by atoms with Crippen LogP contribution in [0.5, 0.6) is 0 Å². The summed E-state index contributed by atoms with van der Waals surface area (Å²) >= 11 is 3.27. The lowest BCUT2D eigenvalue weighted by atomic mass is 10.2. The number of rotatable bonds is 4. The third kappa shape index (κ3) is 3.58. The molecule has 0 saturated carbocycles. The summed E-state index contributed by atoms with van der Waals surface area (Å²) in [6.45, 7) is 2.07. The van der Waals surface area contributed by atoms with E-state index in [2.05, 4.69) is 20.9 Å². The van der Waals surface area contributed by atoms with Crippen molar-refractivity contribution in [1.82, 2.24) is 4.98 Å². The van der Waals surface area contributed by atoms with E-state index in [0.717, 1.165) is 0 Å². The van der Waals surface area contributed by atoms with Crippen LogP contribution >= 0.6 is 15.9 Å². The SMILES string of the molecule is CCOC(=O)/C=C/c1cc(C=O)ncc1Br. The Bertz CT molecular complexity index is 429. The van der Waals surface area contributed by atoms with E-state index >= 15 is 0 Å². The van der Waals surface area contributed by atoms with E-state index in [1.54, 1.807) is 19.1 Å². The summed E-state index contributed by atoms with van der Waals surface area (Å²) in [6, 6.07) is 1.58. The minimum absolute atomic E-state index is 0.312. The molecular weight excluding hydrogens is 274 g/mol. The number of esters is 1. The molecule has 16 heavy (non-hydrogen) atoms. The molecule has 0 radical (unpaired) electrons. The summed E-state index contributed by atoms with van der Waals surface area (Å²) in [5.41, 5.74) is 1.01. The van der Waals surface area contributed by atoms with E-state index in [1.165, 1.54) is 12.3 Å². The average Bonchev–Trinajstić information content (AvgIpc) is 2.28. The van der Waals surface area contributed by atoms with Gasteiger partial charge in [-0.3, -0.25) is 9.78 Å². The van der Waals surface area contributed by atoms with E-state index in [0.29, 0.717) is 28.6 Å². The van der Waals surface area contributed by atoms with Crippen molar-refractivity contribution >= 4 is 34.3 Å². The number of carbonyl (C=O) groups excluding carboxylic acids is 2. The Morgan fingerprint density at radius 2 is 2.38 bits per heavy atom. The number of halogens is 1. The van der Waals surface area contributed by atoms with Crippen LogP contribution in [0.2, 0.25) is 0 Å². The van der Waals surface area contributed by atoms with Gasteiger partial charge in [-0.2, -0.15) is 0 Å². The summed E-state index contributed by atoms with van der Waals surface area (Å²) in [6.07, 6.45) is 5.03. The van der Waals surface area contributed by atoms with Crippen molar-refractivity contribution in [2.75, 3.05) is 6.61 Å². The summed E-state index contributed by atoms with van der Waals surface area (Å²) < 4.78 is 5.44. The second-order valence-corrected chi connectivity index (χ2v) is 3.69. The largest absolute Gasteiger partial charge is 0.463 e. The maximum Gasteiger partial charge on any atom is 0.330 e. The van der Waals surface area contributed by atoms with E-state index in [-0.39, 0.29) is 0 Å². The van der Waals surface area contributed by atoms with Crippen LogP contribution in [0.15, 0.2) is 22.8 Å². The number of hydrogen-bond donors (Lipinski definition) is 0. The fourth-order valence-electron chi connectivity index (χ4n) is 1.01. The van der Waals surface area contributed by atoms with E-state index in [1.807, 2.05) is 0 Å². The summed E-state index contributed by atoms with van der Waals surface area (Å²) in [4.78, 5) is 25.4. The summed E-state index contributed by atoms with van der Waals surface area (Å²) in [7, 11) is 0. The van der Waals surface area contributed by atoms with Crippen LogP contribution in [0.4, 0.5) is 0 Å². The summed E-state index contributed by atoms with van der Waals surface area (Å²) in [5, 5.41) is 0. The van der Waals surface area contributed by atoms with Gasteiger partial charge in [0.05, 0.1) is 6.61 Å². The van der Waals surface area contributed by atoms with Crippen LogP contribution in [0.1, 0.15) is 23.0 Å². The molecule has 1 aromatic rings. The second-order valence-electron chi connectivity index (χ2n) is 2.83. The van der Waals surface area contributed by atoms with Gasteiger partial charge in [-0.1, -0.05) is 0 Å². The molecule has 0 atom stereocenters. The van der Waals surface area contributed by atoms with Crippen molar-refractivity contribution in [3.05, 3.63) is 34.1 Å². The lowest BCUT2D eigenvalue weighted by Crippen LogP contribution is -1.98. The zero-order chi connectivity index (χ0) is 12.0. The topological polar surface area (TPSA) is 56.3 Å². The molecule has 0 aliphatic carbocycles. The van der Waals surface area contributed by atoms with Crippen LogP contribution < -0.4 is 0 Å². The molecule has 0 aliphatic rings. The monoisotopic (exact) mass is 283 g/mol. The highest BCUT2D eigenvalue weighted by Gasteiger charge is 2.00. The predicted molar refractivity (Wildman–Crippen MR) is 63.0 cm³/mol. The van der Waals surface area contributed by atoms with Gasteiger partial charge in [-0.25, -0.2) is 4.79 Å². The van der Waals surface area contributed by atoms with Crippen LogP contribution in [-0.4, -0.2) is 23.8 Å². The maximum atomic E-state index is 11.1. The maximum absolute atomic E-state index is 11.1. The molecule has 0 spiro atoms. The number of pyridine rings is 1. The molecule has 1 aromatic heterocycles. The molecule has 84 valence electrons. The first-order valence-corrected chi connectivity index (χ1v) is 5.42. The van der Waals surface area contributed by atoms with Crippen molar-refractivity contribution in [3.63, 3.8) is 0 Å². The van der Waals surface area contributed by atoms with Gasteiger partial charge >= 0.3 is 5.97 Å². The first-order chi connectivity index (χ1) is 7.67. The Hall–Kier alpha value is -1.49. The smallest absolute Gasteiger partial charge is 0.330 e. The van der Waals surface area contributed by atoms with Crippen molar-refractivity contribution in [1.29, 1.82) is 0 Å². The third-order valence-electron chi connectivity index (χ3n) is 1.71. The number of hydrogen-bond acceptors (Lipinski definition) is 4. The van der Waals surface area contributed by atoms with Gasteiger partial charge in [0.2, 0.25) is 0 Å². The first kappa shape index (κ1) is 12.6. The molecule has 0 unspecified atom stereocenters. The lowest BCUT2D eigenvalue weighted by Gasteiger charge is -1.99. The molecule has 0 fully saturated rings. The zero-order valence-corrected chi connectivity index (χ0v) is 10.2. The van der Waals surface area contributed by atoms with Gasteiger partial charge in [-0.05, 0) is 40.6 Å². The summed E-state index contributed by atoms with van der Waals surface area (Å²) in [5.74, 6) is -0.418. The number of carbonyl (C=O) groups is 2. The standard InChI is InChI=1S/C11H10BrNO3/c1-2-16-11(15)4-3-8-5-9(7-14)13-6-10(8)12/h3-7H,2H2,1H3/b4-3+. The van der Waals surface area contributed by atoms with Gasteiger partial charge in [0, 0.05) is 16.7 Å². The van der Waals surface area contributed by atoms with Crippen LogP contribution in [0.25, 0.3) is 6.08 Å². The van der Waals surface area contributed by atoms with Gasteiger partial charge in [0.15, 0.2) is 6.29 Å². The fourth-order valence-corrected chi connectivity index (χ4v) is 1.36. The Morgan fingerprint density at radius 3 is 3.00 bits per heavy atom. The van der Waals surface area contributed by atoms with E-state index < -0.39 is 5.97 Å². The van der Waals surface area contributed by atoms with E-state index in [4.69, 9.17) is 4.74 Å². The predicted octanol–water partition coefficient (Wildman–Crippen LogP) is 2.23. The van der Waals surface area contributed by atoms with Gasteiger partial charge in [0.25, 0.3) is 0 Å². The highest BCUT2D eigenvalue weighted by Crippen LogP contribution is 2.17.